The minimum absolute atomic E-state index is 0.0356. The number of alkyl halides is 3. The quantitative estimate of drug-likeness (QED) is 0.308. The second kappa shape index (κ2) is 11.5. The molecule has 14 heteroatoms. The number of hydrogen-bond donors (Lipinski definition) is 2. The molecular formula is C30H27F6N5O3. The molecule has 5 rings (SSSR count). The maximum Gasteiger partial charge on any atom is 0.406 e. The van der Waals surface area contributed by atoms with E-state index in [-0.39, 0.29) is 24.3 Å². The normalized spacial score (nSPS) is 23.3. The van der Waals surface area contributed by atoms with E-state index < -0.39 is 77.4 Å². The predicted molar refractivity (Wildman–Crippen MR) is 145 cm³/mol. The van der Waals surface area contributed by atoms with Crippen LogP contribution in [0.15, 0.2) is 48.8 Å². The minimum Gasteiger partial charge on any atom is -0.340 e. The Kier molecular flexibility index (Phi) is 8.12. The van der Waals surface area contributed by atoms with Crippen molar-refractivity contribution in [1.29, 1.82) is 0 Å². The fourth-order valence-electron chi connectivity index (χ4n) is 5.88. The Hall–Kier alpha value is -4.49. The molecule has 3 aromatic rings. The molecule has 1 saturated heterocycles. The number of carbonyl (C=O) groups is 3. The number of likely N-dealkylation sites (tertiary alicyclic amines) is 1. The van der Waals surface area contributed by atoms with Crippen molar-refractivity contribution >= 4 is 23.5 Å². The summed E-state index contributed by atoms with van der Waals surface area (Å²) >= 11 is 0. The monoisotopic (exact) mass is 619 g/mol. The molecule has 0 radical (unpaired) electrons. The number of piperidine rings is 1. The summed E-state index contributed by atoms with van der Waals surface area (Å²) < 4.78 is 83.8. The smallest absolute Gasteiger partial charge is 0.340 e. The molecule has 3 heterocycles. The molecule has 0 unspecified atom stereocenters. The number of halogens is 6. The fourth-order valence-corrected chi connectivity index (χ4v) is 5.88. The van der Waals surface area contributed by atoms with Crippen LogP contribution in [0.25, 0.3) is 0 Å². The van der Waals surface area contributed by atoms with Crippen LogP contribution in [0.5, 0.6) is 0 Å². The molecule has 0 saturated carbocycles. The van der Waals surface area contributed by atoms with Crippen molar-refractivity contribution in [1.82, 2.24) is 20.2 Å². The van der Waals surface area contributed by atoms with E-state index in [1.54, 1.807) is 25.1 Å². The lowest BCUT2D eigenvalue weighted by Gasteiger charge is -2.43. The molecule has 2 N–H and O–H groups in total. The van der Waals surface area contributed by atoms with Crippen LogP contribution in [-0.4, -0.2) is 57.4 Å². The molecular weight excluding hydrogens is 592 g/mol. The summed E-state index contributed by atoms with van der Waals surface area (Å²) in [6.45, 7) is 1.17. The summed E-state index contributed by atoms with van der Waals surface area (Å²) in [5.41, 5.74) is -0.607. The Morgan fingerprint density at radius 2 is 1.80 bits per heavy atom. The molecule has 2 aromatic heterocycles. The first kappa shape index (κ1) is 31.0. The molecule has 1 aliphatic carbocycles. The van der Waals surface area contributed by atoms with Gasteiger partial charge >= 0.3 is 6.18 Å². The van der Waals surface area contributed by atoms with Gasteiger partial charge in [-0.25, -0.2) is 18.2 Å². The maximum atomic E-state index is 14.7. The average molecular weight is 620 g/mol. The van der Waals surface area contributed by atoms with Crippen LogP contribution in [0.1, 0.15) is 53.4 Å². The lowest BCUT2D eigenvalue weighted by molar-refractivity contribution is -0.170. The number of amides is 3. The van der Waals surface area contributed by atoms with E-state index in [1.807, 2.05) is 0 Å². The highest BCUT2D eigenvalue weighted by Crippen LogP contribution is 2.39. The lowest BCUT2D eigenvalue weighted by atomic mass is 9.81. The van der Waals surface area contributed by atoms with Gasteiger partial charge in [0.05, 0.1) is 11.0 Å². The SMILES string of the molecule is C[C@@H]1[C@H](c2c(F)ccc(F)c2F)C[C@@H](NC(=O)c2cnc3c(c2)C[C@](C)(C(=O)Nc2ccccn2)C3)C(=O)N1CC(F)(F)F. The van der Waals surface area contributed by atoms with Gasteiger partial charge in [-0.05, 0) is 55.7 Å². The van der Waals surface area contributed by atoms with Crippen molar-refractivity contribution in [2.75, 3.05) is 11.9 Å². The standard InChI is InChI=1S/C30H27F6N5O3/c1-15-18(24-19(31)6-7-20(32)25(24)33)10-21(27(43)41(15)14-30(34,35)36)39-26(42)17-9-16-11-29(2,12-22(16)38-13-17)28(44)40-23-5-3-4-8-37-23/h3-9,13,15,18,21H,10-12,14H2,1-2H3,(H,39,42)(H,37,40,44)/t15-,18-,21-,29+/m1/s1. The highest BCUT2D eigenvalue weighted by Gasteiger charge is 2.47. The highest BCUT2D eigenvalue weighted by molar-refractivity contribution is 5.98. The van der Waals surface area contributed by atoms with E-state index in [0.717, 1.165) is 0 Å². The van der Waals surface area contributed by atoms with Gasteiger partial charge in [0.2, 0.25) is 11.8 Å². The highest BCUT2D eigenvalue weighted by atomic mass is 19.4. The van der Waals surface area contributed by atoms with Crippen LogP contribution in [-0.2, 0) is 22.4 Å². The van der Waals surface area contributed by atoms with E-state index >= 15 is 0 Å². The van der Waals surface area contributed by atoms with Crippen LogP contribution in [0.2, 0.25) is 0 Å². The molecule has 4 atom stereocenters. The predicted octanol–water partition coefficient (Wildman–Crippen LogP) is 4.70. The zero-order chi connectivity index (χ0) is 32.0. The number of nitrogens with one attached hydrogen (secondary N) is 2. The third-order valence-electron chi connectivity index (χ3n) is 8.16. The molecule has 0 spiro atoms. The first-order valence-electron chi connectivity index (χ1n) is 13.7. The van der Waals surface area contributed by atoms with Crippen molar-refractivity contribution in [2.45, 2.75) is 57.3 Å². The topological polar surface area (TPSA) is 104 Å². The Morgan fingerprint density at radius 3 is 2.48 bits per heavy atom. The summed E-state index contributed by atoms with van der Waals surface area (Å²) in [5, 5.41) is 5.13. The number of benzene rings is 1. The zero-order valence-electron chi connectivity index (χ0n) is 23.5. The molecule has 44 heavy (non-hydrogen) atoms. The number of fused-ring (bicyclic) bond motifs is 1. The van der Waals surface area contributed by atoms with Crippen LogP contribution >= 0.6 is 0 Å². The summed E-state index contributed by atoms with van der Waals surface area (Å²) in [5.74, 6) is -7.50. The van der Waals surface area contributed by atoms with Crippen molar-refractivity contribution in [2.24, 2.45) is 5.41 Å². The number of aromatic nitrogens is 2. The molecule has 1 fully saturated rings. The third-order valence-corrected chi connectivity index (χ3v) is 8.16. The van der Waals surface area contributed by atoms with Crippen molar-refractivity contribution < 1.29 is 40.7 Å². The van der Waals surface area contributed by atoms with Crippen molar-refractivity contribution in [3.05, 3.63) is 88.6 Å². The number of carbonyl (C=O) groups excluding carboxylic acids is 3. The first-order chi connectivity index (χ1) is 20.7. The molecule has 1 aromatic carbocycles. The van der Waals surface area contributed by atoms with Gasteiger partial charge in [0.25, 0.3) is 5.91 Å². The number of pyridine rings is 2. The number of nitrogens with zero attached hydrogens (tertiary/aromatic N) is 3. The van der Waals surface area contributed by atoms with E-state index in [0.29, 0.717) is 34.1 Å². The number of anilines is 1. The van der Waals surface area contributed by atoms with Gasteiger partial charge in [-0.15, -0.1) is 0 Å². The zero-order valence-corrected chi connectivity index (χ0v) is 23.5. The van der Waals surface area contributed by atoms with Gasteiger partial charge in [0, 0.05) is 42.0 Å². The lowest BCUT2D eigenvalue weighted by Crippen LogP contribution is -2.60. The molecule has 232 valence electrons. The third kappa shape index (κ3) is 6.10. The van der Waals surface area contributed by atoms with Crippen molar-refractivity contribution in [3.63, 3.8) is 0 Å². The molecule has 8 nitrogen and oxygen atoms in total. The second-order valence-corrected chi connectivity index (χ2v) is 11.4. The Morgan fingerprint density at radius 1 is 1.07 bits per heavy atom. The summed E-state index contributed by atoms with van der Waals surface area (Å²) in [7, 11) is 0. The first-order valence-corrected chi connectivity index (χ1v) is 13.7. The minimum atomic E-state index is -4.86. The van der Waals surface area contributed by atoms with E-state index in [4.69, 9.17) is 0 Å². The summed E-state index contributed by atoms with van der Waals surface area (Å²) in [4.78, 5) is 48.2. The van der Waals surface area contributed by atoms with E-state index in [2.05, 4.69) is 20.6 Å². The molecule has 2 aliphatic rings. The van der Waals surface area contributed by atoms with Crippen LogP contribution in [0, 0.1) is 22.9 Å². The Bertz CT molecular complexity index is 1620. The molecule has 3 amide bonds. The van der Waals surface area contributed by atoms with Gasteiger partial charge in [-0.3, -0.25) is 19.4 Å². The second-order valence-electron chi connectivity index (χ2n) is 11.4. The largest absolute Gasteiger partial charge is 0.406 e. The summed E-state index contributed by atoms with van der Waals surface area (Å²) in [6.07, 6.45) is -2.12. The van der Waals surface area contributed by atoms with Gasteiger partial charge in [-0.1, -0.05) is 13.0 Å². The molecule has 0 bridgehead atoms. The maximum absolute atomic E-state index is 14.7. The van der Waals surface area contributed by atoms with Gasteiger partial charge in [0.1, 0.15) is 24.2 Å². The molecule has 1 aliphatic heterocycles. The van der Waals surface area contributed by atoms with Crippen LogP contribution < -0.4 is 10.6 Å². The number of rotatable bonds is 6. The van der Waals surface area contributed by atoms with E-state index in [1.165, 1.54) is 25.4 Å². The van der Waals surface area contributed by atoms with Gasteiger partial charge in [-0.2, -0.15) is 13.2 Å². The Balaban J connectivity index is 1.37. The van der Waals surface area contributed by atoms with Gasteiger partial charge < -0.3 is 15.5 Å². The Labute approximate surface area is 247 Å². The van der Waals surface area contributed by atoms with Gasteiger partial charge in [0.15, 0.2) is 11.6 Å². The van der Waals surface area contributed by atoms with Crippen molar-refractivity contribution in [3.8, 4) is 0 Å². The summed E-state index contributed by atoms with van der Waals surface area (Å²) in [6, 6.07) is 4.74. The fraction of sp³-hybridized carbons (Fsp3) is 0.367. The van der Waals surface area contributed by atoms with Crippen LogP contribution in [0.3, 0.4) is 0 Å². The van der Waals surface area contributed by atoms with E-state index in [9.17, 15) is 40.7 Å². The number of hydrogen-bond acceptors (Lipinski definition) is 5. The van der Waals surface area contributed by atoms with Crippen LogP contribution in [0.4, 0.5) is 32.2 Å². The average Bonchev–Trinajstić information content (AvgIpc) is 3.32.